The molecule has 1 unspecified atom stereocenters. The van der Waals surface area contributed by atoms with Gasteiger partial charge < -0.3 is 50.5 Å². The SMILES string of the molecule is C=C(CC(NC(=O)CNC(=O)[C@H](CCCCN(C)C)NC(=O)[C@@H](N)C(C)C)OCOCC)/N=C1\C(=C)Cn2c1cc1c(c2=O)COC(=O)[C@]1(O)CC. The number of rotatable bonds is 20. The Morgan fingerprint density at radius 2 is 1.88 bits per heavy atom. The molecule has 6 N–H and O–H groups in total. The number of nitrogens with one attached hydrogen (secondary N) is 3. The normalized spacial score (nSPS) is 19.2. The van der Waals surface area contributed by atoms with Crippen LogP contribution >= 0.6 is 0 Å². The molecule has 3 heterocycles. The second kappa shape index (κ2) is 19.0. The summed E-state index contributed by atoms with van der Waals surface area (Å²) >= 11 is 0. The van der Waals surface area contributed by atoms with Crippen molar-refractivity contribution in [1.29, 1.82) is 0 Å². The van der Waals surface area contributed by atoms with Gasteiger partial charge in [-0.3, -0.25) is 24.2 Å². The van der Waals surface area contributed by atoms with Crippen LogP contribution in [0.25, 0.3) is 0 Å². The highest BCUT2D eigenvalue weighted by Crippen LogP contribution is 2.35. The summed E-state index contributed by atoms with van der Waals surface area (Å²) in [6.45, 7) is 15.6. The minimum Gasteiger partial charge on any atom is -0.458 e. The van der Waals surface area contributed by atoms with Crippen molar-refractivity contribution in [2.75, 3.05) is 40.6 Å². The number of fused-ring (bicyclic) bond motifs is 2. The molecule has 0 fully saturated rings. The lowest BCUT2D eigenvalue weighted by Gasteiger charge is -2.31. The molecular formula is C36H55N7O9. The predicted molar refractivity (Wildman–Crippen MR) is 194 cm³/mol. The van der Waals surface area contributed by atoms with Gasteiger partial charge in [0.1, 0.15) is 25.7 Å². The molecule has 2 aliphatic rings. The highest BCUT2D eigenvalue weighted by atomic mass is 16.7. The molecule has 0 radical (unpaired) electrons. The fraction of sp³-hybridized carbons (Fsp3) is 0.611. The Bertz CT molecular complexity index is 1600. The summed E-state index contributed by atoms with van der Waals surface area (Å²) < 4.78 is 17.6. The van der Waals surface area contributed by atoms with Gasteiger partial charge in [0, 0.05) is 24.3 Å². The molecule has 0 saturated carbocycles. The number of nitrogens with zero attached hydrogens (tertiary/aromatic N) is 3. The Morgan fingerprint density at radius 3 is 2.52 bits per heavy atom. The zero-order chi connectivity index (χ0) is 38.7. The van der Waals surface area contributed by atoms with Crippen LogP contribution in [0.15, 0.2) is 40.3 Å². The van der Waals surface area contributed by atoms with E-state index in [1.54, 1.807) is 19.9 Å². The van der Waals surface area contributed by atoms with Gasteiger partial charge in [-0.1, -0.05) is 33.9 Å². The van der Waals surface area contributed by atoms with E-state index in [0.29, 0.717) is 36.4 Å². The number of carbonyl (C=O) groups is 4. The molecule has 52 heavy (non-hydrogen) atoms. The number of esters is 1. The van der Waals surface area contributed by atoms with Gasteiger partial charge in [-0.25, -0.2) is 4.79 Å². The maximum absolute atomic E-state index is 13.4. The molecule has 1 aromatic heterocycles. The van der Waals surface area contributed by atoms with E-state index in [1.807, 2.05) is 32.8 Å². The predicted octanol–water partition coefficient (Wildman–Crippen LogP) is 0.535. The highest BCUT2D eigenvalue weighted by molar-refractivity contribution is 6.13. The van der Waals surface area contributed by atoms with E-state index in [0.717, 1.165) is 13.0 Å². The molecule has 1 aromatic rings. The van der Waals surface area contributed by atoms with E-state index in [1.165, 1.54) is 4.57 Å². The quantitative estimate of drug-likeness (QED) is 0.0709. The molecule has 0 aromatic carbocycles. The topological polar surface area (TPSA) is 216 Å². The van der Waals surface area contributed by atoms with Crippen molar-refractivity contribution in [2.24, 2.45) is 16.6 Å². The molecule has 2 aliphatic heterocycles. The molecule has 288 valence electrons. The van der Waals surface area contributed by atoms with Gasteiger partial charge >= 0.3 is 5.97 Å². The van der Waals surface area contributed by atoms with Crippen molar-refractivity contribution in [1.82, 2.24) is 25.4 Å². The standard InChI is InChI=1S/C36H55N7O9/c1-9-36(49)25-16-27-31(22(5)18-43(27)34(47)24(25)19-51-35(36)48)39-23(6)15-29(52-20-50-10-2)41-28(44)17-38-32(45)26(13-11-12-14-42(7)8)40-33(46)30(37)21(3)4/h16,21,26,29-30,49H,5-6,9-15,17-20,37H2,1-4,7-8H3,(H,38,45)(H,40,46)(H,41,44)/b39-31+/t26-,29?,30-,36-/m0/s1. The molecule has 0 saturated heterocycles. The number of ether oxygens (including phenoxy) is 3. The van der Waals surface area contributed by atoms with Crippen molar-refractivity contribution in [3.05, 3.63) is 57.7 Å². The van der Waals surface area contributed by atoms with Crippen LogP contribution < -0.4 is 27.2 Å². The minimum absolute atomic E-state index is 0.000767. The number of hydrogen-bond acceptors (Lipinski definition) is 12. The summed E-state index contributed by atoms with van der Waals surface area (Å²) in [4.78, 5) is 71.5. The smallest absolute Gasteiger partial charge is 0.343 e. The number of pyridine rings is 1. The van der Waals surface area contributed by atoms with Gasteiger partial charge in [0.25, 0.3) is 5.56 Å². The molecule has 16 nitrogen and oxygen atoms in total. The number of aliphatic hydroxyl groups is 1. The largest absolute Gasteiger partial charge is 0.458 e. The van der Waals surface area contributed by atoms with Crippen LogP contribution in [-0.2, 0) is 52.1 Å². The number of aromatic nitrogens is 1. The number of allylic oxidation sites excluding steroid dienone is 1. The lowest BCUT2D eigenvalue weighted by atomic mass is 9.86. The highest BCUT2D eigenvalue weighted by Gasteiger charge is 2.45. The van der Waals surface area contributed by atoms with Crippen LogP contribution in [0.4, 0.5) is 0 Å². The van der Waals surface area contributed by atoms with Crippen molar-refractivity contribution < 1.29 is 38.5 Å². The first kappa shape index (κ1) is 42.2. The summed E-state index contributed by atoms with van der Waals surface area (Å²) in [5.41, 5.74) is 5.41. The Morgan fingerprint density at radius 1 is 1.17 bits per heavy atom. The lowest BCUT2D eigenvalue weighted by molar-refractivity contribution is -0.172. The summed E-state index contributed by atoms with van der Waals surface area (Å²) in [6, 6.07) is -0.111. The Kier molecular flexibility index (Phi) is 15.4. The van der Waals surface area contributed by atoms with Crippen LogP contribution in [0.5, 0.6) is 0 Å². The van der Waals surface area contributed by atoms with Gasteiger partial charge in [0.2, 0.25) is 17.7 Å². The number of carbonyl (C=O) groups excluding carboxylic acids is 4. The fourth-order valence-electron chi connectivity index (χ4n) is 5.76. The van der Waals surface area contributed by atoms with Gasteiger partial charge in [-0.15, -0.1) is 0 Å². The third kappa shape index (κ3) is 10.7. The molecule has 0 bridgehead atoms. The monoisotopic (exact) mass is 729 g/mol. The summed E-state index contributed by atoms with van der Waals surface area (Å²) in [5.74, 6) is -2.51. The van der Waals surface area contributed by atoms with Crippen LogP contribution in [0.1, 0.15) is 76.6 Å². The summed E-state index contributed by atoms with van der Waals surface area (Å²) in [6.07, 6.45) is 0.851. The van der Waals surface area contributed by atoms with Crippen LogP contribution in [0.3, 0.4) is 0 Å². The van der Waals surface area contributed by atoms with E-state index < -0.39 is 59.7 Å². The maximum Gasteiger partial charge on any atom is 0.343 e. The van der Waals surface area contributed by atoms with Gasteiger partial charge in [-0.05, 0) is 70.8 Å². The number of nitrogens with two attached hydrogens (primary N) is 1. The average Bonchev–Trinajstić information content (AvgIpc) is 3.40. The van der Waals surface area contributed by atoms with Gasteiger partial charge in [0.05, 0.1) is 36.1 Å². The molecule has 4 atom stereocenters. The molecule has 0 spiro atoms. The number of unbranched alkanes of at least 4 members (excludes halogenated alkanes) is 1. The average molecular weight is 730 g/mol. The fourth-order valence-corrected chi connectivity index (χ4v) is 5.76. The van der Waals surface area contributed by atoms with Crippen LogP contribution in [0.2, 0.25) is 0 Å². The molecule has 0 aliphatic carbocycles. The first-order chi connectivity index (χ1) is 24.5. The third-order valence-corrected chi connectivity index (χ3v) is 8.96. The maximum atomic E-state index is 13.4. The van der Waals surface area contributed by atoms with E-state index >= 15 is 0 Å². The summed E-state index contributed by atoms with van der Waals surface area (Å²) in [7, 11) is 3.90. The number of amides is 3. The van der Waals surface area contributed by atoms with Gasteiger partial charge in [0.15, 0.2) is 5.60 Å². The second-order valence-corrected chi connectivity index (χ2v) is 13.6. The third-order valence-electron chi connectivity index (χ3n) is 8.96. The Balaban J connectivity index is 1.73. The van der Waals surface area contributed by atoms with Crippen molar-refractivity contribution in [2.45, 2.75) is 96.9 Å². The Hall–Kier alpha value is -4.22. The van der Waals surface area contributed by atoms with Crippen LogP contribution in [0, 0.1) is 5.92 Å². The minimum atomic E-state index is -1.98. The van der Waals surface area contributed by atoms with E-state index in [4.69, 9.17) is 19.9 Å². The second-order valence-electron chi connectivity index (χ2n) is 13.6. The van der Waals surface area contributed by atoms with E-state index in [9.17, 15) is 29.1 Å². The molecular weight excluding hydrogens is 674 g/mol. The number of aliphatic imine (C=N–C) groups is 1. The molecule has 3 amide bonds. The summed E-state index contributed by atoms with van der Waals surface area (Å²) in [5, 5.41) is 19.2. The van der Waals surface area contributed by atoms with Crippen LogP contribution in [-0.4, -0.2) is 103 Å². The Labute approximate surface area is 304 Å². The van der Waals surface area contributed by atoms with Gasteiger partial charge in [-0.2, -0.15) is 0 Å². The first-order valence-electron chi connectivity index (χ1n) is 17.6. The molecule has 16 heteroatoms. The zero-order valence-electron chi connectivity index (χ0n) is 31.2. The van der Waals surface area contributed by atoms with Crippen molar-refractivity contribution in [3.63, 3.8) is 0 Å². The number of hydrogen-bond donors (Lipinski definition) is 5. The number of cyclic esters (lactones) is 1. The molecule has 3 rings (SSSR count). The van der Waals surface area contributed by atoms with E-state index in [2.05, 4.69) is 34.1 Å². The first-order valence-corrected chi connectivity index (χ1v) is 17.6. The van der Waals surface area contributed by atoms with Crippen molar-refractivity contribution >= 4 is 29.4 Å². The zero-order valence-corrected chi connectivity index (χ0v) is 31.2. The lowest BCUT2D eigenvalue weighted by Crippen LogP contribution is -2.54. The van der Waals surface area contributed by atoms with Crippen molar-refractivity contribution in [3.8, 4) is 0 Å². The van der Waals surface area contributed by atoms with E-state index in [-0.39, 0.29) is 55.5 Å².